The summed E-state index contributed by atoms with van der Waals surface area (Å²) in [5, 5.41) is 0. The first-order chi connectivity index (χ1) is 29.5. The van der Waals surface area contributed by atoms with Crippen LogP contribution in [0.25, 0.3) is 0 Å². The number of pyridine rings is 1. The van der Waals surface area contributed by atoms with Gasteiger partial charge in [-0.15, -0.1) is 35.4 Å². The van der Waals surface area contributed by atoms with E-state index in [1.807, 2.05) is 12.3 Å². The van der Waals surface area contributed by atoms with E-state index in [0.717, 1.165) is 40.6 Å². The monoisotopic (exact) mass is 1030 g/mol. The first-order valence-electron chi connectivity index (χ1n) is 22.8. The molecule has 6 aromatic rings. The molecule has 1 aliphatic carbocycles. The molecule has 2 aliphatic heterocycles. The molecule has 0 spiro atoms. The van der Waals surface area contributed by atoms with Gasteiger partial charge in [0, 0.05) is 40.0 Å². The first kappa shape index (κ1) is 45.6. The van der Waals surface area contributed by atoms with Crippen molar-refractivity contribution < 1.29 is 25.8 Å². The van der Waals surface area contributed by atoms with Gasteiger partial charge in [0.15, 0.2) is 0 Å². The maximum Gasteiger partial charge on any atom is 2.00 e. The zero-order valence-electron chi connectivity index (χ0n) is 40.8. The molecule has 2 atom stereocenters. The Morgan fingerprint density at radius 1 is 0.719 bits per heavy atom. The third kappa shape index (κ3) is 6.90. The maximum absolute atomic E-state index is 6.99. The van der Waals surface area contributed by atoms with Crippen LogP contribution in [0.4, 0.5) is 22.9 Å². The van der Waals surface area contributed by atoms with Gasteiger partial charge in [-0.3, -0.25) is 0 Å². The van der Waals surface area contributed by atoms with Gasteiger partial charge in [0.2, 0.25) is 0 Å². The molecule has 0 unspecified atom stereocenters. The van der Waals surface area contributed by atoms with E-state index in [1.54, 1.807) is 0 Å². The van der Waals surface area contributed by atoms with Crippen molar-refractivity contribution in [1.82, 2.24) is 4.98 Å². The number of fused-ring (bicyclic) bond motifs is 5. The Labute approximate surface area is 397 Å². The summed E-state index contributed by atoms with van der Waals surface area (Å²) in [5.41, 5.74) is 19.7. The molecule has 332 valence electrons. The minimum atomic E-state index is -0.494. The Hall–Kier alpha value is -4.99. The average molecular weight is 1030 g/mol. The van der Waals surface area contributed by atoms with Crippen molar-refractivity contribution in [2.45, 2.75) is 145 Å². The first-order valence-corrected chi connectivity index (χ1v) is 22.8. The Bertz CT molecular complexity index is 2890. The summed E-state index contributed by atoms with van der Waals surface area (Å²) >= 11 is 0. The minimum Gasteiger partial charge on any atom is -0.503 e. The van der Waals surface area contributed by atoms with Crippen molar-refractivity contribution in [2.24, 2.45) is 4.99 Å². The van der Waals surface area contributed by atoms with Crippen LogP contribution in [-0.2, 0) is 43.9 Å². The molecular weight excluding hydrogens is 964 g/mol. The predicted octanol–water partition coefficient (Wildman–Crippen LogP) is 14.7. The molecule has 6 heteroatoms. The molecule has 0 N–H and O–H groups in total. The Kier molecular flexibility index (Phi) is 11.1. The van der Waals surface area contributed by atoms with Crippen LogP contribution in [0.1, 0.15) is 146 Å². The van der Waals surface area contributed by atoms with Crippen LogP contribution in [0.5, 0.6) is 11.5 Å². The third-order valence-corrected chi connectivity index (χ3v) is 15.2. The summed E-state index contributed by atoms with van der Waals surface area (Å²) in [6.45, 7) is 36.4. The number of amidine groups is 1. The van der Waals surface area contributed by atoms with Gasteiger partial charge in [-0.2, -0.15) is 5.56 Å². The topological polar surface area (TPSA) is 41.0 Å². The zero-order valence-corrected chi connectivity index (χ0v) is 43.1. The SMILES string of the molecule is Cc1cc(Oc2[c-]c(C3=N[C@]4(C)c5ccc(C)c(C)c5C[C@]4(C)N3c3c(C)c(C)cc(C)c3C)cc(C(C)C)c2)[c-]c(N2c3ccc(C(C)(C)C)cc3C(C)(C)c3cccnc32)c1.[Pt+2]. The maximum atomic E-state index is 6.99. The number of aliphatic imine (C=N–C) groups is 1. The number of aromatic nitrogens is 1. The van der Waals surface area contributed by atoms with Crippen LogP contribution < -0.4 is 14.5 Å². The second-order valence-corrected chi connectivity index (χ2v) is 21.1. The van der Waals surface area contributed by atoms with Crippen LogP contribution in [0.15, 0.2) is 84.0 Å². The van der Waals surface area contributed by atoms with Gasteiger partial charge in [0.25, 0.3) is 0 Å². The summed E-state index contributed by atoms with van der Waals surface area (Å²) in [5.74, 6) is 3.37. The molecule has 64 heavy (non-hydrogen) atoms. The van der Waals surface area contributed by atoms with Gasteiger partial charge in [0.1, 0.15) is 5.82 Å². The van der Waals surface area contributed by atoms with E-state index in [4.69, 9.17) is 14.7 Å². The molecule has 9 rings (SSSR count). The molecule has 0 amide bonds. The second kappa shape index (κ2) is 15.6. The van der Waals surface area contributed by atoms with E-state index in [1.165, 1.54) is 72.4 Å². The molecule has 0 radical (unpaired) electrons. The number of ether oxygens (including phenoxy) is 1. The molecule has 0 saturated heterocycles. The zero-order chi connectivity index (χ0) is 45.3. The summed E-state index contributed by atoms with van der Waals surface area (Å²) in [7, 11) is 0. The van der Waals surface area contributed by atoms with Gasteiger partial charge in [0.05, 0.1) is 16.9 Å². The number of anilines is 4. The summed E-state index contributed by atoms with van der Waals surface area (Å²) in [6, 6.07) is 34.4. The molecule has 0 fully saturated rings. The molecule has 5 nitrogen and oxygen atoms in total. The number of nitrogens with zero attached hydrogens (tertiary/aromatic N) is 4. The van der Waals surface area contributed by atoms with Crippen molar-refractivity contribution >= 4 is 28.7 Å². The van der Waals surface area contributed by atoms with Crippen LogP contribution in [-0.4, -0.2) is 16.4 Å². The van der Waals surface area contributed by atoms with Crippen molar-refractivity contribution in [1.29, 1.82) is 0 Å². The van der Waals surface area contributed by atoms with E-state index in [0.29, 0.717) is 11.5 Å². The summed E-state index contributed by atoms with van der Waals surface area (Å²) < 4.78 is 6.99. The second-order valence-electron chi connectivity index (χ2n) is 21.1. The third-order valence-electron chi connectivity index (χ3n) is 15.2. The number of hydrogen-bond donors (Lipinski definition) is 0. The standard InChI is InChI=1S/C58H64N4O.Pt/c1-33(2)41-27-42(53-60-58(16)48-21-19-35(4)38(7)47(48)32-57(58,15)62(53)52-39(8)36(5)26-37(6)40(52)9)29-46(28-41)63-45-25-34(3)24-44(31-45)61-51-22-20-43(55(10,11)12)30-50(51)56(13,14)49-18-17-23-59-54(49)61;/h17-28,30,33H,32H2,1-16H3;/q-2;+2/t57-,58+;/m0./s1. The molecule has 3 aliphatic rings. The van der Waals surface area contributed by atoms with Crippen molar-refractivity contribution in [3.63, 3.8) is 0 Å². The minimum absolute atomic E-state index is 0. The molecular formula is C58H64N4OPt. The average Bonchev–Trinajstić information content (AvgIpc) is 3.58. The summed E-state index contributed by atoms with van der Waals surface area (Å²) in [6.07, 6.45) is 2.79. The van der Waals surface area contributed by atoms with Crippen LogP contribution in [0.3, 0.4) is 0 Å². The molecule has 5 aromatic carbocycles. The molecule has 0 saturated carbocycles. The largest absolute Gasteiger partial charge is 2.00 e. The number of rotatable bonds is 6. The quantitative estimate of drug-likeness (QED) is 0.156. The van der Waals surface area contributed by atoms with E-state index < -0.39 is 5.54 Å². The van der Waals surface area contributed by atoms with Gasteiger partial charge < -0.3 is 19.5 Å². The fourth-order valence-corrected chi connectivity index (χ4v) is 10.7. The smallest absolute Gasteiger partial charge is 0.503 e. The Morgan fingerprint density at radius 3 is 2.08 bits per heavy atom. The van der Waals surface area contributed by atoms with Gasteiger partial charge >= 0.3 is 21.1 Å². The normalized spacial score (nSPS) is 19.5. The van der Waals surface area contributed by atoms with Crippen molar-refractivity contribution in [3.05, 3.63) is 169 Å². The Balaban J connectivity index is 0.00000560. The van der Waals surface area contributed by atoms with Crippen LogP contribution in [0, 0.1) is 60.6 Å². The number of hydrogen-bond acceptors (Lipinski definition) is 5. The van der Waals surface area contributed by atoms with Crippen LogP contribution in [0.2, 0.25) is 0 Å². The van der Waals surface area contributed by atoms with Gasteiger partial charge in [-0.05, 0) is 141 Å². The van der Waals surface area contributed by atoms with E-state index in [2.05, 4.69) is 199 Å². The van der Waals surface area contributed by atoms with Crippen LogP contribution >= 0.6 is 0 Å². The molecule has 1 aromatic heterocycles. The van der Waals surface area contributed by atoms with E-state index >= 15 is 0 Å². The van der Waals surface area contributed by atoms with Gasteiger partial charge in [-0.25, -0.2) is 4.98 Å². The fraction of sp³-hybridized carbons (Fsp3) is 0.379. The number of benzene rings is 5. The molecule has 0 bridgehead atoms. The van der Waals surface area contributed by atoms with E-state index in [9.17, 15) is 0 Å². The van der Waals surface area contributed by atoms with Gasteiger partial charge in [-0.1, -0.05) is 110 Å². The van der Waals surface area contributed by atoms with Crippen molar-refractivity contribution in [2.75, 3.05) is 9.80 Å². The number of aryl methyl sites for hydroxylation is 4. The fourth-order valence-electron chi connectivity index (χ4n) is 10.7. The Morgan fingerprint density at radius 2 is 1.41 bits per heavy atom. The van der Waals surface area contributed by atoms with Crippen molar-refractivity contribution in [3.8, 4) is 11.5 Å². The summed E-state index contributed by atoms with van der Waals surface area (Å²) in [4.78, 5) is 15.8. The molecule has 3 heterocycles. The predicted molar refractivity (Wildman–Crippen MR) is 263 cm³/mol. The van der Waals surface area contributed by atoms with E-state index in [-0.39, 0.29) is 43.4 Å².